The lowest BCUT2D eigenvalue weighted by atomic mass is 10.2. The summed E-state index contributed by atoms with van der Waals surface area (Å²) in [6, 6.07) is 0. The summed E-state index contributed by atoms with van der Waals surface area (Å²) in [7, 11) is 0. The zero-order valence-electron chi connectivity index (χ0n) is 5.33. The summed E-state index contributed by atoms with van der Waals surface area (Å²) in [4.78, 5) is 10.4. The third-order valence-corrected chi connectivity index (χ3v) is 1.45. The predicted octanol–water partition coefficient (Wildman–Crippen LogP) is 0.0728. The minimum Gasteiger partial charge on any atom is -0.460 e. The first-order valence-corrected chi connectivity index (χ1v) is 3.07. The molecule has 1 aliphatic heterocycles. The third-order valence-electron chi connectivity index (χ3n) is 1.45. The first kappa shape index (κ1) is 6.55. The number of aliphatic hydroxyl groups is 1. The maximum Gasteiger partial charge on any atom is 0.306 e. The lowest BCUT2D eigenvalue weighted by Gasteiger charge is -2.10. The predicted molar refractivity (Wildman–Crippen MR) is 30.8 cm³/mol. The van der Waals surface area contributed by atoms with Crippen LogP contribution in [0.4, 0.5) is 0 Å². The smallest absolute Gasteiger partial charge is 0.306 e. The van der Waals surface area contributed by atoms with Crippen LogP contribution in [0.25, 0.3) is 0 Å². The van der Waals surface area contributed by atoms with E-state index in [1.165, 1.54) is 0 Å². The van der Waals surface area contributed by atoms with E-state index in [0.717, 1.165) is 0 Å². The normalized spacial score (nSPS) is 30.0. The van der Waals surface area contributed by atoms with Crippen LogP contribution in [0.2, 0.25) is 0 Å². The summed E-state index contributed by atoms with van der Waals surface area (Å²) in [5.41, 5.74) is 0. The number of carbonyl (C=O) groups excluding carboxylic acids is 1. The average Bonchev–Trinajstić information content (AvgIpc) is 2.14. The second-order valence-electron chi connectivity index (χ2n) is 2.31. The van der Waals surface area contributed by atoms with Gasteiger partial charge in [0.15, 0.2) is 0 Å². The minimum absolute atomic E-state index is 0.194. The van der Waals surface area contributed by atoms with Crippen molar-refractivity contribution in [3.63, 3.8) is 0 Å². The SMILES string of the molecule is C[C@H](O)[C@H]1CCC(=O)O1. The summed E-state index contributed by atoms with van der Waals surface area (Å²) in [6.45, 7) is 1.63. The van der Waals surface area contributed by atoms with Crippen molar-refractivity contribution in [2.45, 2.75) is 32.0 Å². The van der Waals surface area contributed by atoms with Crippen LogP contribution in [0, 0.1) is 0 Å². The molecule has 0 unspecified atom stereocenters. The van der Waals surface area contributed by atoms with Crippen LogP contribution in [0.5, 0.6) is 0 Å². The van der Waals surface area contributed by atoms with E-state index in [1.54, 1.807) is 6.92 Å². The molecular weight excluding hydrogens is 120 g/mol. The number of rotatable bonds is 1. The molecule has 0 aliphatic carbocycles. The molecule has 0 amide bonds. The van der Waals surface area contributed by atoms with Gasteiger partial charge in [-0.1, -0.05) is 0 Å². The number of carbonyl (C=O) groups is 1. The van der Waals surface area contributed by atoms with E-state index >= 15 is 0 Å². The molecule has 0 saturated carbocycles. The molecule has 1 fully saturated rings. The molecule has 52 valence electrons. The van der Waals surface area contributed by atoms with E-state index in [9.17, 15) is 4.79 Å². The van der Waals surface area contributed by atoms with Crippen molar-refractivity contribution in [1.82, 2.24) is 0 Å². The van der Waals surface area contributed by atoms with E-state index in [4.69, 9.17) is 9.84 Å². The fourth-order valence-corrected chi connectivity index (χ4v) is 0.886. The second kappa shape index (κ2) is 2.35. The highest BCUT2D eigenvalue weighted by atomic mass is 16.6. The maximum absolute atomic E-state index is 10.4. The molecule has 3 nitrogen and oxygen atoms in total. The van der Waals surface area contributed by atoms with Gasteiger partial charge in [-0.15, -0.1) is 0 Å². The van der Waals surface area contributed by atoms with Crippen molar-refractivity contribution in [3.05, 3.63) is 0 Å². The summed E-state index contributed by atoms with van der Waals surface area (Å²) in [5.74, 6) is -0.194. The van der Waals surface area contributed by atoms with Gasteiger partial charge >= 0.3 is 5.97 Å². The first-order chi connectivity index (χ1) is 4.20. The topological polar surface area (TPSA) is 46.5 Å². The lowest BCUT2D eigenvalue weighted by molar-refractivity contribution is -0.144. The van der Waals surface area contributed by atoms with Gasteiger partial charge in [-0.2, -0.15) is 0 Å². The van der Waals surface area contributed by atoms with Gasteiger partial charge in [0.05, 0.1) is 6.10 Å². The van der Waals surface area contributed by atoms with Gasteiger partial charge in [0.25, 0.3) is 0 Å². The molecule has 9 heavy (non-hydrogen) atoms. The number of esters is 1. The van der Waals surface area contributed by atoms with Crippen molar-refractivity contribution in [1.29, 1.82) is 0 Å². The molecule has 3 heteroatoms. The Labute approximate surface area is 53.6 Å². The maximum atomic E-state index is 10.4. The molecule has 1 aliphatic rings. The van der Waals surface area contributed by atoms with Gasteiger partial charge in [0, 0.05) is 6.42 Å². The van der Waals surface area contributed by atoms with Gasteiger partial charge in [-0.05, 0) is 13.3 Å². The molecule has 1 N–H and O–H groups in total. The fourth-order valence-electron chi connectivity index (χ4n) is 0.886. The Kier molecular flexibility index (Phi) is 1.71. The van der Waals surface area contributed by atoms with Crippen molar-refractivity contribution in [2.24, 2.45) is 0 Å². The highest BCUT2D eigenvalue weighted by Crippen LogP contribution is 2.16. The molecule has 0 bridgehead atoms. The Morgan fingerprint density at radius 2 is 2.56 bits per heavy atom. The molecule has 0 radical (unpaired) electrons. The Morgan fingerprint density at radius 3 is 2.78 bits per heavy atom. The largest absolute Gasteiger partial charge is 0.460 e. The van der Waals surface area contributed by atoms with Crippen LogP contribution in [0.15, 0.2) is 0 Å². The fraction of sp³-hybridized carbons (Fsp3) is 0.833. The monoisotopic (exact) mass is 130 g/mol. The van der Waals surface area contributed by atoms with Gasteiger partial charge in [-0.3, -0.25) is 4.79 Å². The van der Waals surface area contributed by atoms with Crippen LogP contribution >= 0.6 is 0 Å². The highest BCUT2D eigenvalue weighted by molar-refractivity contribution is 5.71. The summed E-state index contributed by atoms with van der Waals surface area (Å²) < 4.78 is 4.73. The van der Waals surface area contributed by atoms with Gasteiger partial charge in [-0.25, -0.2) is 0 Å². The number of ether oxygens (including phenoxy) is 1. The van der Waals surface area contributed by atoms with Crippen LogP contribution in [0.1, 0.15) is 19.8 Å². The molecule has 1 saturated heterocycles. The molecule has 1 rings (SSSR count). The molecular formula is C6H10O3. The highest BCUT2D eigenvalue weighted by Gasteiger charge is 2.26. The molecule has 0 aromatic rings. The Hall–Kier alpha value is -0.570. The van der Waals surface area contributed by atoms with E-state index in [0.29, 0.717) is 12.8 Å². The van der Waals surface area contributed by atoms with Gasteiger partial charge < -0.3 is 9.84 Å². The molecule has 0 aromatic heterocycles. The van der Waals surface area contributed by atoms with Crippen molar-refractivity contribution < 1.29 is 14.6 Å². The Balaban J connectivity index is 2.39. The Morgan fingerprint density at radius 1 is 1.89 bits per heavy atom. The Bertz CT molecular complexity index is 119. The third kappa shape index (κ3) is 1.42. The summed E-state index contributed by atoms with van der Waals surface area (Å²) in [5, 5.41) is 8.89. The van der Waals surface area contributed by atoms with E-state index in [-0.39, 0.29) is 12.1 Å². The molecule has 1 heterocycles. The quantitative estimate of drug-likeness (QED) is 0.511. The van der Waals surface area contributed by atoms with Gasteiger partial charge in [0.2, 0.25) is 0 Å². The summed E-state index contributed by atoms with van der Waals surface area (Å²) in [6.07, 6.45) is 0.348. The molecule has 0 aromatic carbocycles. The average molecular weight is 130 g/mol. The van der Waals surface area contributed by atoms with E-state index in [2.05, 4.69) is 0 Å². The molecule has 0 spiro atoms. The van der Waals surface area contributed by atoms with Crippen LogP contribution in [-0.2, 0) is 9.53 Å². The summed E-state index contributed by atoms with van der Waals surface area (Å²) >= 11 is 0. The van der Waals surface area contributed by atoms with Crippen LogP contribution in [-0.4, -0.2) is 23.3 Å². The molecule has 2 atom stereocenters. The zero-order valence-corrected chi connectivity index (χ0v) is 5.33. The number of hydrogen-bond donors (Lipinski definition) is 1. The zero-order chi connectivity index (χ0) is 6.85. The van der Waals surface area contributed by atoms with Crippen LogP contribution in [0.3, 0.4) is 0 Å². The lowest BCUT2D eigenvalue weighted by Crippen LogP contribution is -2.21. The van der Waals surface area contributed by atoms with E-state index in [1.807, 2.05) is 0 Å². The first-order valence-electron chi connectivity index (χ1n) is 3.07. The van der Waals surface area contributed by atoms with Crippen molar-refractivity contribution in [3.8, 4) is 0 Å². The number of cyclic esters (lactones) is 1. The number of aliphatic hydroxyl groups excluding tert-OH is 1. The van der Waals surface area contributed by atoms with Crippen molar-refractivity contribution >= 4 is 5.97 Å². The second-order valence-corrected chi connectivity index (χ2v) is 2.31. The number of hydrogen-bond acceptors (Lipinski definition) is 3. The van der Waals surface area contributed by atoms with Gasteiger partial charge in [0.1, 0.15) is 6.10 Å². The minimum atomic E-state index is -0.517. The van der Waals surface area contributed by atoms with Crippen LogP contribution < -0.4 is 0 Å². The van der Waals surface area contributed by atoms with E-state index < -0.39 is 6.10 Å². The van der Waals surface area contributed by atoms with Crippen molar-refractivity contribution in [2.75, 3.05) is 0 Å². The standard InChI is InChI=1S/C6H10O3/c1-4(7)5-2-3-6(8)9-5/h4-5,7H,2-3H2,1H3/t4-,5+/m0/s1.